The average Bonchev–Trinajstić information content (AvgIpc) is 2.79. The summed E-state index contributed by atoms with van der Waals surface area (Å²) in [4.78, 5) is 33.4. The molecule has 1 aromatic heterocycles. The van der Waals surface area contributed by atoms with E-state index in [0.29, 0.717) is 44.0 Å². The van der Waals surface area contributed by atoms with Gasteiger partial charge in [0, 0.05) is 37.3 Å². The van der Waals surface area contributed by atoms with Crippen LogP contribution in [0.5, 0.6) is 0 Å². The largest absolute Gasteiger partial charge is 0.378 e. The van der Waals surface area contributed by atoms with Crippen molar-refractivity contribution in [2.75, 3.05) is 44.3 Å². The smallest absolute Gasteiger partial charge is 0.253 e. The Labute approximate surface area is 171 Å². The van der Waals surface area contributed by atoms with E-state index >= 15 is 0 Å². The lowest BCUT2D eigenvalue weighted by molar-refractivity contribution is 0.0772. The molecule has 154 valence electrons. The third kappa shape index (κ3) is 5.32. The molecule has 1 saturated heterocycles. The molecule has 3 rings (SSSR count). The first-order valence-electron chi connectivity index (χ1n) is 10.1. The molecule has 0 atom stereocenters. The summed E-state index contributed by atoms with van der Waals surface area (Å²) >= 11 is 0. The number of carbonyl (C=O) groups is 2. The number of nitrogens with one attached hydrogen (secondary N) is 1. The molecule has 29 heavy (non-hydrogen) atoms. The monoisotopic (exact) mass is 396 g/mol. The first kappa shape index (κ1) is 20.8. The zero-order chi connectivity index (χ0) is 20.6. The number of carbonyl (C=O) groups excluding carboxylic acids is 2. The van der Waals surface area contributed by atoms with Crippen molar-refractivity contribution < 1.29 is 14.3 Å². The van der Waals surface area contributed by atoms with Gasteiger partial charge in [-0.15, -0.1) is 0 Å². The molecular formula is C22H28N4O3. The fraction of sp³-hybridized carbons (Fsp3) is 0.409. The summed E-state index contributed by atoms with van der Waals surface area (Å²) in [5.41, 5.74) is 1.91. The summed E-state index contributed by atoms with van der Waals surface area (Å²) in [7, 11) is 0. The fourth-order valence-electron chi connectivity index (χ4n) is 3.26. The van der Waals surface area contributed by atoms with Crippen LogP contribution in [-0.2, 0) is 11.3 Å². The second-order valence-corrected chi connectivity index (χ2v) is 6.82. The summed E-state index contributed by atoms with van der Waals surface area (Å²) in [6.07, 6.45) is 0. The predicted octanol–water partition coefficient (Wildman–Crippen LogP) is 2.33. The number of aromatic nitrogens is 1. The first-order valence-corrected chi connectivity index (χ1v) is 10.1. The van der Waals surface area contributed by atoms with Crippen LogP contribution in [0.4, 0.5) is 5.82 Å². The van der Waals surface area contributed by atoms with Crippen molar-refractivity contribution in [3.63, 3.8) is 0 Å². The highest BCUT2D eigenvalue weighted by Gasteiger charge is 2.15. The Hall–Kier alpha value is -2.93. The zero-order valence-corrected chi connectivity index (χ0v) is 17.1. The van der Waals surface area contributed by atoms with Crippen molar-refractivity contribution in [2.45, 2.75) is 20.4 Å². The normalized spacial score (nSPS) is 13.8. The molecule has 7 nitrogen and oxygen atoms in total. The van der Waals surface area contributed by atoms with E-state index in [4.69, 9.17) is 4.74 Å². The van der Waals surface area contributed by atoms with E-state index in [-0.39, 0.29) is 11.8 Å². The van der Waals surface area contributed by atoms with Gasteiger partial charge < -0.3 is 19.9 Å². The van der Waals surface area contributed by atoms with Gasteiger partial charge in [0.1, 0.15) is 5.82 Å². The molecule has 2 amide bonds. The van der Waals surface area contributed by atoms with Gasteiger partial charge in [-0.25, -0.2) is 4.98 Å². The molecule has 2 heterocycles. The van der Waals surface area contributed by atoms with Crippen molar-refractivity contribution in [1.82, 2.24) is 15.2 Å². The fourth-order valence-corrected chi connectivity index (χ4v) is 3.26. The SMILES string of the molecule is CCN(CC)C(=O)c1ccc(C(=O)NCc2cccc(N3CCOCC3)n2)cc1. The van der Waals surface area contributed by atoms with Crippen molar-refractivity contribution in [2.24, 2.45) is 0 Å². The number of benzene rings is 1. The van der Waals surface area contributed by atoms with Gasteiger partial charge in [0.15, 0.2) is 0 Å². The van der Waals surface area contributed by atoms with Gasteiger partial charge in [-0.2, -0.15) is 0 Å². The first-order chi connectivity index (χ1) is 14.1. The van der Waals surface area contributed by atoms with Gasteiger partial charge in [0.2, 0.25) is 0 Å². The molecule has 2 aromatic rings. The maximum Gasteiger partial charge on any atom is 0.253 e. The Bertz CT molecular complexity index is 828. The van der Waals surface area contributed by atoms with Gasteiger partial charge in [-0.3, -0.25) is 9.59 Å². The Morgan fingerprint density at radius 3 is 2.34 bits per heavy atom. The third-order valence-corrected chi connectivity index (χ3v) is 5.00. The van der Waals surface area contributed by atoms with Gasteiger partial charge in [0.25, 0.3) is 11.8 Å². The lowest BCUT2D eigenvalue weighted by atomic mass is 10.1. The number of rotatable bonds is 7. The predicted molar refractivity (Wildman–Crippen MR) is 112 cm³/mol. The Morgan fingerprint density at radius 1 is 1.03 bits per heavy atom. The van der Waals surface area contributed by atoms with Crippen LogP contribution in [0.25, 0.3) is 0 Å². The molecular weight excluding hydrogens is 368 g/mol. The number of hydrogen-bond donors (Lipinski definition) is 1. The number of amides is 2. The van der Waals surface area contributed by atoms with Gasteiger partial charge in [-0.1, -0.05) is 6.07 Å². The van der Waals surface area contributed by atoms with E-state index in [2.05, 4.69) is 15.2 Å². The molecule has 7 heteroatoms. The van der Waals surface area contributed by atoms with E-state index in [1.807, 2.05) is 32.0 Å². The second-order valence-electron chi connectivity index (χ2n) is 6.82. The lowest BCUT2D eigenvalue weighted by Gasteiger charge is -2.28. The highest BCUT2D eigenvalue weighted by molar-refractivity contribution is 5.97. The number of ether oxygens (including phenoxy) is 1. The van der Waals surface area contributed by atoms with Crippen LogP contribution in [0, 0.1) is 0 Å². The lowest BCUT2D eigenvalue weighted by Crippen LogP contribution is -2.37. The van der Waals surface area contributed by atoms with Crippen molar-refractivity contribution in [1.29, 1.82) is 0 Å². The van der Waals surface area contributed by atoms with E-state index < -0.39 is 0 Å². The summed E-state index contributed by atoms with van der Waals surface area (Å²) in [6.45, 7) is 8.61. The van der Waals surface area contributed by atoms with Crippen LogP contribution in [-0.4, -0.2) is 61.1 Å². The van der Waals surface area contributed by atoms with E-state index in [0.717, 1.165) is 24.6 Å². The molecule has 1 aliphatic rings. The van der Waals surface area contributed by atoms with Gasteiger partial charge in [-0.05, 0) is 50.2 Å². The molecule has 0 bridgehead atoms. The molecule has 0 spiro atoms. The molecule has 1 aromatic carbocycles. The van der Waals surface area contributed by atoms with Crippen molar-refractivity contribution in [3.05, 3.63) is 59.3 Å². The summed E-state index contributed by atoms with van der Waals surface area (Å²) in [6, 6.07) is 12.6. The van der Waals surface area contributed by atoms with E-state index in [1.165, 1.54) is 0 Å². The second kappa shape index (κ2) is 10.0. The van der Waals surface area contributed by atoms with Crippen LogP contribution in [0.15, 0.2) is 42.5 Å². The summed E-state index contributed by atoms with van der Waals surface area (Å²) in [5.74, 6) is 0.691. The van der Waals surface area contributed by atoms with Crippen LogP contribution >= 0.6 is 0 Å². The minimum Gasteiger partial charge on any atom is -0.378 e. The minimum atomic E-state index is -0.189. The molecule has 1 N–H and O–H groups in total. The number of hydrogen-bond acceptors (Lipinski definition) is 5. The van der Waals surface area contributed by atoms with Gasteiger partial charge >= 0.3 is 0 Å². The molecule has 0 unspecified atom stereocenters. The maximum atomic E-state index is 12.5. The number of pyridine rings is 1. The highest BCUT2D eigenvalue weighted by Crippen LogP contribution is 2.13. The number of nitrogens with zero attached hydrogens (tertiary/aromatic N) is 3. The number of morpholine rings is 1. The molecule has 1 fully saturated rings. The quantitative estimate of drug-likeness (QED) is 0.778. The minimum absolute atomic E-state index is 0.0221. The standard InChI is InChI=1S/C22H28N4O3/c1-3-25(4-2)22(28)18-10-8-17(9-11-18)21(27)23-16-19-6-5-7-20(24-19)26-12-14-29-15-13-26/h5-11H,3-4,12-16H2,1-2H3,(H,23,27). The van der Waals surface area contributed by atoms with E-state index in [1.54, 1.807) is 29.2 Å². The van der Waals surface area contributed by atoms with Gasteiger partial charge in [0.05, 0.1) is 25.5 Å². The molecule has 0 aliphatic carbocycles. The Kier molecular flexibility index (Phi) is 7.19. The summed E-state index contributed by atoms with van der Waals surface area (Å²) < 4.78 is 5.38. The van der Waals surface area contributed by atoms with Crippen LogP contribution in [0.3, 0.4) is 0 Å². The molecule has 1 aliphatic heterocycles. The van der Waals surface area contributed by atoms with E-state index in [9.17, 15) is 9.59 Å². The van der Waals surface area contributed by atoms with Crippen LogP contribution in [0.2, 0.25) is 0 Å². The maximum absolute atomic E-state index is 12.5. The Balaban J connectivity index is 1.59. The third-order valence-electron chi connectivity index (χ3n) is 5.00. The van der Waals surface area contributed by atoms with Crippen molar-refractivity contribution in [3.8, 4) is 0 Å². The molecule has 0 radical (unpaired) electrons. The average molecular weight is 396 g/mol. The molecule has 0 saturated carbocycles. The number of anilines is 1. The van der Waals surface area contributed by atoms with Crippen molar-refractivity contribution >= 4 is 17.6 Å². The van der Waals surface area contributed by atoms with Crippen LogP contribution in [0.1, 0.15) is 40.3 Å². The summed E-state index contributed by atoms with van der Waals surface area (Å²) in [5, 5.41) is 2.90. The zero-order valence-electron chi connectivity index (χ0n) is 17.1. The highest BCUT2D eigenvalue weighted by atomic mass is 16.5. The topological polar surface area (TPSA) is 74.8 Å². The van der Waals surface area contributed by atoms with Crippen LogP contribution < -0.4 is 10.2 Å². The Morgan fingerprint density at radius 2 is 1.69 bits per heavy atom.